The molecule has 1 heterocycles. The number of hydrogen-bond donors (Lipinski definition) is 2. The number of nitrogens with one attached hydrogen (secondary N) is 1. The number of carbonyl (C=O) groups excluding carboxylic acids is 1. The van der Waals surface area contributed by atoms with Crippen LogP contribution in [0.25, 0.3) is 11.0 Å². The van der Waals surface area contributed by atoms with Crippen molar-refractivity contribution in [2.45, 2.75) is 13.3 Å². The molecular weight excluding hydrogens is 278 g/mol. The Morgan fingerprint density at radius 2 is 1.86 bits per heavy atom. The van der Waals surface area contributed by atoms with E-state index in [-0.39, 0.29) is 12.5 Å². The zero-order valence-corrected chi connectivity index (χ0v) is 12.3. The molecule has 22 heavy (non-hydrogen) atoms. The molecule has 1 amide bonds. The Morgan fingerprint density at radius 3 is 2.55 bits per heavy atom. The summed E-state index contributed by atoms with van der Waals surface area (Å²) in [6, 6.07) is 15.0. The molecule has 0 bridgehead atoms. The van der Waals surface area contributed by atoms with Crippen LogP contribution in [0.15, 0.2) is 52.9 Å². The molecule has 4 heteroatoms. The molecule has 2 N–H and O–H groups in total. The third kappa shape index (κ3) is 2.73. The van der Waals surface area contributed by atoms with Crippen molar-refractivity contribution in [3.05, 3.63) is 65.4 Å². The molecule has 0 radical (unpaired) electrons. The highest BCUT2D eigenvalue weighted by atomic mass is 16.3. The van der Waals surface area contributed by atoms with Crippen molar-refractivity contribution in [2.75, 3.05) is 11.9 Å². The molecule has 0 aliphatic heterocycles. The lowest BCUT2D eigenvalue weighted by molar-refractivity contribution is 0.0998. The molecule has 0 saturated carbocycles. The van der Waals surface area contributed by atoms with E-state index in [1.165, 1.54) is 0 Å². The zero-order chi connectivity index (χ0) is 15.5. The molecule has 0 spiro atoms. The molecule has 4 nitrogen and oxygen atoms in total. The van der Waals surface area contributed by atoms with Crippen LogP contribution in [0.4, 0.5) is 5.69 Å². The van der Waals surface area contributed by atoms with Gasteiger partial charge < -0.3 is 14.8 Å². The quantitative estimate of drug-likeness (QED) is 0.774. The van der Waals surface area contributed by atoms with Crippen LogP contribution in [0, 0.1) is 6.92 Å². The first-order valence-corrected chi connectivity index (χ1v) is 7.18. The van der Waals surface area contributed by atoms with Gasteiger partial charge in [-0.05, 0) is 37.1 Å². The van der Waals surface area contributed by atoms with Gasteiger partial charge in [0, 0.05) is 23.2 Å². The lowest BCUT2D eigenvalue weighted by Gasteiger charge is -2.05. The van der Waals surface area contributed by atoms with Gasteiger partial charge in [-0.25, -0.2) is 0 Å². The number of aryl methyl sites for hydroxylation is 1. The van der Waals surface area contributed by atoms with Gasteiger partial charge in [0.15, 0.2) is 5.76 Å². The van der Waals surface area contributed by atoms with Crippen LogP contribution < -0.4 is 5.32 Å². The molecule has 0 aliphatic rings. The van der Waals surface area contributed by atoms with E-state index in [2.05, 4.69) is 5.32 Å². The molecule has 1 aromatic heterocycles. The van der Waals surface area contributed by atoms with Gasteiger partial charge in [-0.2, -0.15) is 0 Å². The van der Waals surface area contributed by atoms with Crippen molar-refractivity contribution in [2.24, 2.45) is 0 Å². The van der Waals surface area contributed by atoms with Gasteiger partial charge in [0.1, 0.15) is 5.58 Å². The SMILES string of the molecule is Cc1c(C(=O)Nc2ccc(CCO)cc2)oc2ccccc12. The van der Waals surface area contributed by atoms with E-state index in [4.69, 9.17) is 9.52 Å². The smallest absolute Gasteiger partial charge is 0.291 e. The predicted molar refractivity (Wildman–Crippen MR) is 86.1 cm³/mol. The Bertz CT molecular complexity index is 803. The predicted octanol–water partition coefficient (Wildman–Crippen LogP) is 3.53. The summed E-state index contributed by atoms with van der Waals surface area (Å²) in [6.07, 6.45) is 0.608. The number of carbonyl (C=O) groups is 1. The minimum Gasteiger partial charge on any atom is -0.451 e. The summed E-state index contributed by atoms with van der Waals surface area (Å²) in [4.78, 5) is 12.4. The van der Waals surface area contributed by atoms with Crippen LogP contribution in [0.1, 0.15) is 21.7 Å². The highest BCUT2D eigenvalue weighted by Gasteiger charge is 2.17. The number of aliphatic hydroxyl groups is 1. The van der Waals surface area contributed by atoms with Crippen LogP contribution in [-0.4, -0.2) is 17.6 Å². The maximum absolute atomic E-state index is 12.4. The number of benzene rings is 2. The maximum Gasteiger partial charge on any atom is 0.291 e. The van der Waals surface area contributed by atoms with Gasteiger partial charge in [-0.15, -0.1) is 0 Å². The van der Waals surface area contributed by atoms with Gasteiger partial charge in [0.05, 0.1) is 0 Å². The number of furan rings is 1. The van der Waals surface area contributed by atoms with Crippen molar-refractivity contribution in [3.63, 3.8) is 0 Å². The van der Waals surface area contributed by atoms with Gasteiger partial charge in [-0.1, -0.05) is 30.3 Å². The minimum atomic E-state index is -0.261. The molecule has 3 aromatic rings. The lowest BCUT2D eigenvalue weighted by atomic mass is 10.1. The van der Waals surface area contributed by atoms with Gasteiger partial charge >= 0.3 is 0 Å². The van der Waals surface area contributed by atoms with Crippen molar-refractivity contribution < 1.29 is 14.3 Å². The van der Waals surface area contributed by atoms with Crippen LogP contribution in [0.3, 0.4) is 0 Å². The fourth-order valence-electron chi connectivity index (χ4n) is 2.46. The van der Waals surface area contributed by atoms with Crippen molar-refractivity contribution in [1.82, 2.24) is 0 Å². The lowest BCUT2D eigenvalue weighted by Crippen LogP contribution is -2.12. The number of anilines is 1. The van der Waals surface area contributed by atoms with Crippen molar-refractivity contribution in [3.8, 4) is 0 Å². The normalized spacial score (nSPS) is 10.8. The van der Waals surface area contributed by atoms with E-state index >= 15 is 0 Å². The third-order valence-corrected chi connectivity index (χ3v) is 3.66. The summed E-state index contributed by atoms with van der Waals surface area (Å²) in [5.41, 5.74) is 3.28. The monoisotopic (exact) mass is 295 g/mol. The second-order valence-corrected chi connectivity index (χ2v) is 5.18. The van der Waals surface area contributed by atoms with E-state index in [9.17, 15) is 4.79 Å². The summed E-state index contributed by atoms with van der Waals surface area (Å²) in [5, 5.41) is 12.7. The van der Waals surface area contributed by atoms with Crippen molar-refractivity contribution >= 4 is 22.6 Å². The number of para-hydroxylation sites is 1. The van der Waals surface area contributed by atoms with E-state index < -0.39 is 0 Å². The fraction of sp³-hybridized carbons (Fsp3) is 0.167. The topological polar surface area (TPSA) is 62.5 Å². The Labute approximate surface area is 128 Å². The van der Waals surface area contributed by atoms with E-state index in [0.29, 0.717) is 23.5 Å². The zero-order valence-electron chi connectivity index (χ0n) is 12.3. The maximum atomic E-state index is 12.4. The van der Waals surface area contributed by atoms with Crippen LogP contribution in [-0.2, 0) is 6.42 Å². The third-order valence-electron chi connectivity index (χ3n) is 3.66. The molecule has 0 saturated heterocycles. The van der Waals surface area contributed by atoms with Crippen molar-refractivity contribution in [1.29, 1.82) is 0 Å². The highest BCUT2D eigenvalue weighted by molar-refractivity contribution is 6.06. The van der Waals surface area contributed by atoms with E-state index in [0.717, 1.165) is 16.5 Å². The van der Waals surface area contributed by atoms with Crippen LogP contribution in [0.2, 0.25) is 0 Å². The average molecular weight is 295 g/mol. The molecule has 0 atom stereocenters. The van der Waals surface area contributed by atoms with Crippen LogP contribution in [0.5, 0.6) is 0 Å². The summed E-state index contributed by atoms with van der Waals surface area (Å²) < 4.78 is 5.65. The van der Waals surface area contributed by atoms with Gasteiger partial charge in [0.2, 0.25) is 0 Å². The molecule has 2 aromatic carbocycles. The average Bonchev–Trinajstić information content (AvgIpc) is 2.87. The van der Waals surface area contributed by atoms with E-state index in [1.807, 2.05) is 55.5 Å². The molecule has 112 valence electrons. The number of amides is 1. The molecule has 3 rings (SSSR count). The number of rotatable bonds is 4. The number of hydrogen-bond acceptors (Lipinski definition) is 3. The number of fused-ring (bicyclic) bond motifs is 1. The molecule has 0 aliphatic carbocycles. The Morgan fingerprint density at radius 1 is 1.14 bits per heavy atom. The summed E-state index contributed by atoms with van der Waals surface area (Å²) >= 11 is 0. The number of aliphatic hydroxyl groups excluding tert-OH is 1. The first-order chi connectivity index (χ1) is 10.7. The van der Waals surface area contributed by atoms with Gasteiger partial charge in [0.25, 0.3) is 5.91 Å². The molecular formula is C18H17NO3. The second-order valence-electron chi connectivity index (χ2n) is 5.18. The first kappa shape index (κ1) is 14.4. The summed E-state index contributed by atoms with van der Waals surface area (Å²) in [6.45, 7) is 2.00. The first-order valence-electron chi connectivity index (χ1n) is 7.18. The standard InChI is InChI=1S/C18H17NO3/c1-12-15-4-2-3-5-16(15)22-17(12)18(21)19-14-8-6-13(7-9-14)10-11-20/h2-9,20H,10-11H2,1H3,(H,19,21). The Hall–Kier alpha value is -2.59. The summed E-state index contributed by atoms with van der Waals surface area (Å²) in [5.74, 6) is 0.0734. The fourth-order valence-corrected chi connectivity index (χ4v) is 2.46. The van der Waals surface area contributed by atoms with E-state index in [1.54, 1.807) is 0 Å². The van der Waals surface area contributed by atoms with Crippen LogP contribution >= 0.6 is 0 Å². The molecule has 0 fully saturated rings. The molecule has 0 unspecified atom stereocenters. The second kappa shape index (κ2) is 6.03. The Balaban J connectivity index is 1.82. The minimum absolute atomic E-state index is 0.115. The summed E-state index contributed by atoms with van der Waals surface area (Å²) in [7, 11) is 0. The van der Waals surface area contributed by atoms with Gasteiger partial charge in [-0.3, -0.25) is 4.79 Å². The Kier molecular flexibility index (Phi) is 3.94. The highest BCUT2D eigenvalue weighted by Crippen LogP contribution is 2.25. The largest absolute Gasteiger partial charge is 0.451 e.